The van der Waals surface area contributed by atoms with E-state index in [1.165, 1.54) is 17.2 Å². The minimum absolute atomic E-state index is 0.167. The molecule has 0 radical (unpaired) electrons. The Balaban J connectivity index is 2.75. The van der Waals surface area contributed by atoms with Gasteiger partial charge in [0.25, 0.3) is 5.91 Å². The van der Waals surface area contributed by atoms with Crippen molar-refractivity contribution in [1.82, 2.24) is 4.90 Å². The summed E-state index contributed by atoms with van der Waals surface area (Å²) >= 11 is 0. The van der Waals surface area contributed by atoms with E-state index in [4.69, 9.17) is 0 Å². The third-order valence-electron chi connectivity index (χ3n) is 2.70. The number of carbonyl (C=O) groups excluding carboxylic acids is 1. The number of benzene rings is 1. The molecule has 1 heterocycles. The molecular formula is C12H14N2O3S. The van der Waals surface area contributed by atoms with Crippen LogP contribution in [0.1, 0.15) is 0 Å². The topological polar surface area (TPSA) is 57.7 Å². The molecule has 1 aliphatic heterocycles. The molecule has 96 valence electrons. The summed E-state index contributed by atoms with van der Waals surface area (Å²) in [7, 11) is 1.19. The van der Waals surface area contributed by atoms with Crippen LogP contribution in [-0.4, -0.2) is 40.4 Å². The molecule has 0 saturated carbocycles. The van der Waals surface area contributed by atoms with Crippen molar-refractivity contribution in [2.24, 2.45) is 0 Å². The van der Waals surface area contributed by atoms with Gasteiger partial charge < -0.3 is 9.80 Å². The Labute approximate surface area is 106 Å². The lowest BCUT2D eigenvalue weighted by Gasteiger charge is -2.27. The van der Waals surface area contributed by atoms with E-state index in [2.05, 4.69) is 0 Å². The van der Waals surface area contributed by atoms with E-state index in [-0.39, 0.29) is 9.80 Å². The summed E-state index contributed by atoms with van der Waals surface area (Å²) in [5, 5.41) is 0. The summed E-state index contributed by atoms with van der Waals surface area (Å²) in [5.41, 5.74) is 0.415. The number of hydrogen-bond donors (Lipinski definition) is 0. The van der Waals surface area contributed by atoms with Gasteiger partial charge in [-0.25, -0.2) is 8.42 Å². The first-order chi connectivity index (χ1) is 8.35. The van der Waals surface area contributed by atoms with Gasteiger partial charge in [-0.1, -0.05) is 12.1 Å². The molecular weight excluding hydrogens is 252 g/mol. The fourth-order valence-electron chi connectivity index (χ4n) is 1.83. The van der Waals surface area contributed by atoms with E-state index >= 15 is 0 Å². The van der Waals surface area contributed by atoms with Crippen molar-refractivity contribution in [3.05, 3.63) is 35.4 Å². The zero-order valence-electron chi connectivity index (χ0n) is 10.4. The highest BCUT2D eigenvalue weighted by atomic mass is 32.2. The average molecular weight is 266 g/mol. The van der Waals surface area contributed by atoms with Crippen LogP contribution in [-0.2, 0) is 14.6 Å². The van der Waals surface area contributed by atoms with Gasteiger partial charge in [0.2, 0.25) is 9.84 Å². The van der Waals surface area contributed by atoms with Gasteiger partial charge in [0.15, 0.2) is 4.91 Å². The number of sulfone groups is 1. The summed E-state index contributed by atoms with van der Waals surface area (Å²) < 4.78 is 24.7. The van der Waals surface area contributed by atoms with E-state index in [1.54, 1.807) is 44.2 Å². The number of hydrogen-bond acceptors (Lipinski definition) is 4. The molecule has 1 amide bonds. The van der Waals surface area contributed by atoms with Gasteiger partial charge >= 0.3 is 0 Å². The quantitative estimate of drug-likeness (QED) is 0.707. The van der Waals surface area contributed by atoms with Crippen LogP contribution >= 0.6 is 0 Å². The SMILES string of the molecule is CN(C)/C=C1\C(=O)N(C)c2ccccc2S1(=O)=O. The van der Waals surface area contributed by atoms with E-state index in [0.29, 0.717) is 5.69 Å². The molecule has 0 aromatic heterocycles. The van der Waals surface area contributed by atoms with Crippen molar-refractivity contribution in [1.29, 1.82) is 0 Å². The van der Waals surface area contributed by atoms with E-state index in [9.17, 15) is 13.2 Å². The van der Waals surface area contributed by atoms with Crippen LogP contribution in [0.4, 0.5) is 5.69 Å². The third kappa shape index (κ3) is 1.78. The molecule has 0 aliphatic carbocycles. The Morgan fingerprint density at radius 1 is 1.22 bits per heavy atom. The molecule has 0 unspecified atom stereocenters. The lowest BCUT2D eigenvalue weighted by atomic mass is 10.3. The molecule has 1 aliphatic rings. The second kappa shape index (κ2) is 4.13. The average Bonchev–Trinajstić information content (AvgIpc) is 2.32. The van der Waals surface area contributed by atoms with Crippen LogP contribution in [0.25, 0.3) is 0 Å². The minimum atomic E-state index is -3.73. The maximum Gasteiger partial charge on any atom is 0.271 e. The standard InChI is InChI=1S/C12H14N2O3S/c1-13(2)8-11-12(15)14(3)9-6-4-5-7-10(9)18(11,16)17/h4-8H,1-3H3/b11-8+. The number of rotatable bonds is 1. The number of nitrogens with zero attached hydrogens (tertiary/aromatic N) is 2. The zero-order chi connectivity index (χ0) is 13.5. The molecule has 1 aromatic rings. The highest BCUT2D eigenvalue weighted by Gasteiger charge is 2.38. The number of likely N-dealkylation sites (N-methyl/N-ethyl adjacent to an activating group) is 1. The van der Waals surface area contributed by atoms with Crippen molar-refractivity contribution < 1.29 is 13.2 Å². The number of para-hydroxylation sites is 1. The predicted octanol–water partition coefficient (Wildman–Crippen LogP) is 0.840. The lowest BCUT2D eigenvalue weighted by molar-refractivity contribution is -0.114. The monoisotopic (exact) mass is 266 g/mol. The molecule has 0 fully saturated rings. The first-order valence-corrected chi connectivity index (χ1v) is 6.84. The molecule has 0 N–H and O–H groups in total. The third-order valence-corrected chi connectivity index (χ3v) is 4.48. The normalized spacial score (nSPS) is 19.8. The zero-order valence-corrected chi connectivity index (χ0v) is 11.2. The number of fused-ring (bicyclic) bond motifs is 1. The number of carbonyl (C=O) groups is 1. The number of anilines is 1. The fourth-order valence-corrected chi connectivity index (χ4v) is 3.52. The number of amides is 1. The molecule has 0 bridgehead atoms. The maximum atomic E-state index is 12.4. The molecule has 0 saturated heterocycles. The van der Waals surface area contributed by atoms with Gasteiger partial charge in [-0.3, -0.25) is 4.79 Å². The van der Waals surface area contributed by atoms with Crippen LogP contribution in [0, 0.1) is 0 Å². The molecule has 5 nitrogen and oxygen atoms in total. The van der Waals surface area contributed by atoms with Crippen LogP contribution in [0.5, 0.6) is 0 Å². The van der Waals surface area contributed by atoms with Gasteiger partial charge in [0, 0.05) is 27.3 Å². The van der Waals surface area contributed by atoms with Crippen LogP contribution in [0.3, 0.4) is 0 Å². The smallest absolute Gasteiger partial charge is 0.271 e. The second-order valence-electron chi connectivity index (χ2n) is 4.29. The molecule has 18 heavy (non-hydrogen) atoms. The van der Waals surface area contributed by atoms with Crippen molar-refractivity contribution in [3.63, 3.8) is 0 Å². The molecule has 1 aromatic carbocycles. The van der Waals surface area contributed by atoms with Crippen LogP contribution < -0.4 is 4.90 Å². The minimum Gasteiger partial charge on any atom is -0.382 e. The van der Waals surface area contributed by atoms with E-state index < -0.39 is 15.7 Å². The molecule has 0 atom stereocenters. The first kappa shape index (κ1) is 12.6. The summed E-state index contributed by atoms with van der Waals surface area (Å²) in [5.74, 6) is -0.512. The lowest BCUT2D eigenvalue weighted by Crippen LogP contribution is -2.37. The highest BCUT2D eigenvalue weighted by molar-refractivity contribution is 7.96. The van der Waals surface area contributed by atoms with E-state index in [1.807, 2.05) is 0 Å². The van der Waals surface area contributed by atoms with Gasteiger partial charge in [-0.2, -0.15) is 0 Å². The van der Waals surface area contributed by atoms with Gasteiger partial charge in [-0.15, -0.1) is 0 Å². The highest BCUT2D eigenvalue weighted by Crippen LogP contribution is 2.35. The van der Waals surface area contributed by atoms with Crippen molar-refractivity contribution in [2.75, 3.05) is 26.0 Å². The largest absolute Gasteiger partial charge is 0.382 e. The summed E-state index contributed by atoms with van der Waals surface area (Å²) in [6.07, 6.45) is 1.34. The van der Waals surface area contributed by atoms with Crippen LogP contribution in [0.15, 0.2) is 40.3 Å². The Bertz CT molecular complexity index is 632. The first-order valence-electron chi connectivity index (χ1n) is 5.36. The summed E-state index contributed by atoms with van der Waals surface area (Å²) in [6.45, 7) is 0. The maximum absolute atomic E-state index is 12.4. The van der Waals surface area contributed by atoms with Crippen molar-refractivity contribution in [2.45, 2.75) is 4.90 Å². The molecule has 2 rings (SSSR count). The second-order valence-corrected chi connectivity index (χ2v) is 6.18. The van der Waals surface area contributed by atoms with Gasteiger partial charge in [0.1, 0.15) is 0 Å². The summed E-state index contributed by atoms with van der Waals surface area (Å²) in [4.78, 5) is 15.0. The van der Waals surface area contributed by atoms with Crippen molar-refractivity contribution >= 4 is 21.4 Å². The fraction of sp³-hybridized carbons (Fsp3) is 0.250. The molecule has 6 heteroatoms. The van der Waals surface area contributed by atoms with E-state index in [0.717, 1.165) is 0 Å². The Hall–Kier alpha value is -1.82. The van der Waals surface area contributed by atoms with Gasteiger partial charge in [0.05, 0.1) is 10.6 Å². The van der Waals surface area contributed by atoms with Crippen molar-refractivity contribution in [3.8, 4) is 0 Å². The van der Waals surface area contributed by atoms with Crippen LogP contribution in [0.2, 0.25) is 0 Å². The molecule has 0 spiro atoms. The Morgan fingerprint density at radius 3 is 2.44 bits per heavy atom. The Morgan fingerprint density at radius 2 is 1.83 bits per heavy atom. The Kier molecular flexibility index (Phi) is 2.90. The van der Waals surface area contributed by atoms with Gasteiger partial charge in [-0.05, 0) is 12.1 Å². The predicted molar refractivity (Wildman–Crippen MR) is 68.8 cm³/mol. The summed E-state index contributed by atoms with van der Waals surface area (Å²) in [6, 6.07) is 6.49.